The second-order valence-electron chi connectivity index (χ2n) is 9.38. The Balaban J connectivity index is 1.40. The van der Waals surface area contributed by atoms with Crippen LogP contribution < -0.4 is 15.0 Å². The first-order valence-corrected chi connectivity index (χ1v) is 12.2. The third-order valence-electron chi connectivity index (χ3n) is 6.73. The van der Waals surface area contributed by atoms with Crippen molar-refractivity contribution in [2.75, 3.05) is 23.3 Å². The third kappa shape index (κ3) is 5.61. The summed E-state index contributed by atoms with van der Waals surface area (Å²) in [6.07, 6.45) is 3.17. The molecule has 0 unspecified atom stereocenters. The van der Waals surface area contributed by atoms with Crippen LogP contribution in [0.25, 0.3) is 11.1 Å². The molecule has 1 saturated carbocycles. The van der Waals surface area contributed by atoms with Crippen LogP contribution in [0.2, 0.25) is 0 Å². The molecule has 0 spiro atoms. The molecule has 2 fully saturated rings. The lowest BCUT2D eigenvalue weighted by atomic mass is 10.0. The summed E-state index contributed by atoms with van der Waals surface area (Å²) < 4.78 is 41.1. The molecule has 1 aromatic carbocycles. The van der Waals surface area contributed by atoms with Gasteiger partial charge in [-0.2, -0.15) is 0 Å². The summed E-state index contributed by atoms with van der Waals surface area (Å²) in [4.78, 5) is 24.6. The van der Waals surface area contributed by atoms with E-state index >= 15 is 0 Å². The number of anilines is 2. The molecule has 36 heavy (non-hydrogen) atoms. The molecule has 3 heterocycles. The standard InChI is InChI=1S/C27H27F3N4O2/c1-2-17-11-12-34(16-17)25-23(19-5-10-24(31-14-19)18-3-4-18)13-20(15-32-25)26(35)33-21-6-8-22(9-7-21)36-27(28,29)30/h5-10,13-15,17-18H,2-4,11-12,16H2,1H3,(H,33,35)/t17-/m0/s1. The number of nitrogens with zero attached hydrogens (tertiary/aromatic N) is 3. The molecule has 1 saturated heterocycles. The van der Waals surface area contributed by atoms with Crippen molar-refractivity contribution in [3.05, 3.63) is 66.1 Å². The summed E-state index contributed by atoms with van der Waals surface area (Å²) in [7, 11) is 0. The first-order valence-electron chi connectivity index (χ1n) is 12.2. The van der Waals surface area contributed by atoms with Gasteiger partial charge in [0.25, 0.3) is 5.91 Å². The van der Waals surface area contributed by atoms with E-state index in [-0.39, 0.29) is 5.75 Å². The average molecular weight is 497 g/mol. The van der Waals surface area contributed by atoms with Gasteiger partial charge in [0.15, 0.2) is 0 Å². The first-order chi connectivity index (χ1) is 17.3. The van der Waals surface area contributed by atoms with Crippen LogP contribution in [0.15, 0.2) is 54.9 Å². The zero-order valence-corrected chi connectivity index (χ0v) is 19.9. The number of aromatic nitrogens is 2. The highest BCUT2D eigenvalue weighted by Gasteiger charge is 2.31. The van der Waals surface area contributed by atoms with Crippen molar-refractivity contribution in [3.8, 4) is 16.9 Å². The highest BCUT2D eigenvalue weighted by atomic mass is 19.4. The summed E-state index contributed by atoms with van der Waals surface area (Å²) >= 11 is 0. The molecular weight excluding hydrogens is 469 g/mol. The third-order valence-corrected chi connectivity index (χ3v) is 6.73. The number of carbonyl (C=O) groups excluding carboxylic acids is 1. The number of ether oxygens (including phenoxy) is 1. The van der Waals surface area contributed by atoms with E-state index in [0.29, 0.717) is 23.1 Å². The number of alkyl halides is 3. The van der Waals surface area contributed by atoms with Crippen LogP contribution in [0.1, 0.15) is 54.6 Å². The maximum atomic E-state index is 13.0. The van der Waals surface area contributed by atoms with E-state index in [4.69, 9.17) is 0 Å². The van der Waals surface area contributed by atoms with Gasteiger partial charge in [0.05, 0.1) is 5.56 Å². The Morgan fingerprint density at radius 1 is 1.08 bits per heavy atom. The zero-order chi connectivity index (χ0) is 25.3. The van der Waals surface area contributed by atoms with Gasteiger partial charge in [0.2, 0.25) is 0 Å². The number of hydrogen-bond acceptors (Lipinski definition) is 5. The molecule has 6 nitrogen and oxygen atoms in total. The van der Waals surface area contributed by atoms with Gasteiger partial charge in [-0.15, -0.1) is 13.2 Å². The lowest BCUT2D eigenvalue weighted by Crippen LogP contribution is -2.22. The van der Waals surface area contributed by atoms with E-state index in [1.54, 1.807) is 6.20 Å². The molecule has 1 aliphatic carbocycles. The summed E-state index contributed by atoms with van der Waals surface area (Å²) in [5.74, 6) is 1.23. The van der Waals surface area contributed by atoms with Crippen LogP contribution in [-0.2, 0) is 0 Å². The quantitative estimate of drug-likeness (QED) is 0.410. The van der Waals surface area contributed by atoms with Gasteiger partial charge in [-0.25, -0.2) is 4.98 Å². The molecule has 3 aromatic rings. The molecule has 188 valence electrons. The van der Waals surface area contributed by atoms with Gasteiger partial charge in [-0.05, 0) is 61.6 Å². The maximum Gasteiger partial charge on any atom is 0.573 e. The highest BCUT2D eigenvalue weighted by molar-refractivity contribution is 6.05. The molecule has 2 aliphatic rings. The monoisotopic (exact) mass is 496 g/mol. The maximum absolute atomic E-state index is 13.0. The largest absolute Gasteiger partial charge is 0.573 e. The van der Waals surface area contributed by atoms with Gasteiger partial charge in [-0.1, -0.05) is 19.4 Å². The number of pyridine rings is 2. The van der Waals surface area contributed by atoms with Crippen molar-refractivity contribution >= 4 is 17.4 Å². The minimum atomic E-state index is -4.77. The molecule has 0 radical (unpaired) electrons. The minimum Gasteiger partial charge on any atom is -0.406 e. The topological polar surface area (TPSA) is 67.4 Å². The lowest BCUT2D eigenvalue weighted by Gasteiger charge is -2.21. The van der Waals surface area contributed by atoms with E-state index in [1.807, 2.05) is 24.4 Å². The van der Waals surface area contributed by atoms with Gasteiger partial charge in [-0.3, -0.25) is 9.78 Å². The summed E-state index contributed by atoms with van der Waals surface area (Å²) in [6, 6.07) is 10.9. The number of hydrogen-bond donors (Lipinski definition) is 1. The molecule has 1 N–H and O–H groups in total. The highest BCUT2D eigenvalue weighted by Crippen LogP contribution is 2.40. The van der Waals surface area contributed by atoms with Crippen LogP contribution in [0, 0.1) is 5.92 Å². The summed E-state index contributed by atoms with van der Waals surface area (Å²) in [6.45, 7) is 4.02. The molecule has 9 heteroatoms. The number of carbonyl (C=O) groups is 1. The zero-order valence-electron chi connectivity index (χ0n) is 19.9. The Morgan fingerprint density at radius 2 is 1.86 bits per heavy atom. The number of rotatable bonds is 7. The van der Waals surface area contributed by atoms with Gasteiger partial charge < -0.3 is 15.0 Å². The van der Waals surface area contributed by atoms with E-state index in [9.17, 15) is 18.0 Å². The molecular formula is C27H27F3N4O2. The van der Waals surface area contributed by atoms with Crippen LogP contribution >= 0.6 is 0 Å². The first kappa shape index (κ1) is 24.1. The molecule has 1 aliphatic heterocycles. The SMILES string of the molecule is CC[C@H]1CCN(c2ncc(C(=O)Nc3ccc(OC(F)(F)F)cc3)cc2-c2ccc(C3CC3)nc2)C1. The lowest BCUT2D eigenvalue weighted by molar-refractivity contribution is -0.274. The summed E-state index contributed by atoms with van der Waals surface area (Å²) in [5, 5.41) is 2.72. The fourth-order valence-electron chi connectivity index (χ4n) is 4.53. The van der Waals surface area contributed by atoms with E-state index < -0.39 is 12.3 Å². The molecule has 2 aromatic heterocycles. The Bertz CT molecular complexity index is 1230. The van der Waals surface area contributed by atoms with Crippen LogP contribution in [0.4, 0.5) is 24.7 Å². The Hall–Kier alpha value is -3.62. The number of nitrogens with one attached hydrogen (secondary N) is 1. The van der Waals surface area contributed by atoms with Gasteiger partial charge in [0.1, 0.15) is 11.6 Å². The predicted molar refractivity (Wildman–Crippen MR) is 131 cm³/mol. The van der Waals surface area contributed by atoms with Crippen molar-refractivity contribution in [2.24, 2.45) is 5.92 Å². The Morgan fingerprint density at radius 3 is 2.47 bits per heavy atom. The smallest absolute Gasteiger partial charge is 0.406 e. The van der Waals surface area contributed by atoms with Crippen LogP contribution in [-0.4, -0.2) is 35.3 Å². The Kier molecular flexibility index (Phi) is 6.55. The second-order valence-corrected chi connectivity index (χ2v) is 9.38. The summed E-state index contributed by atoms with van der Waals surface area (Å²) in [5.41, 5.74) is 3.52. The van der Waals surface area contributed by atoms with Crippen molar-refractivity contribution in [1.82, 2.24) is 9.97 Å². The number of halogens is 3. The minimum absolute atomic E-state index is 0.348. The number of benzene rings is 1. The van der Waals surface area contributed by atoms with E-state index in [2.05, 4.69) is 31.8 Å². The van der Waals surface area contributed by atoms with E-state index in [1.165, 1.54) is 25.0 Å². The van der Waals surface area contributed by atoms with Crippen molar-refractivity contribution in [3.63, 3.8) is 0 Å². The van der Waals surface area contributed by atoms with E-state index in [0.717, 1.165) is 60.7 Å². The predicted octanol–water partition coefficient (Wildman–Crippen LogP) is 6.41. The number of amides is 1. The molecule has 1 amide bonds. The van der Waals surface area contributed by atoms with Gasteiger partial charge >= 0.3 is 6.36 Å². The average Bonchev–Trinajstić information content (AvgIpc) is 3.61. The molecule has 1 atom stereocenters. The fraction of sp³-hybridized carbons (Fsp3) is 0.370. The molecule has 5 rings (SSSR count). The van der Waals surface area contributed by atoms with Crippen molar-refractivity contribution in [2.45, 2.75) is 44.9 Å². The fourth-order valence-corrected chi connectivity index (χ4v) is 4.53. The van der Waals surface area contributed by atoms with Crippen LogP contribution in [0.5, 0.6) is 5.75 Å². The van der Waals surface area contributed by atoms with Crippen molar-refractivity contribution in [1.29, 1.82) is 0 Å². The normalized spacial score (nSPS) is 17.8. The van der Waals surface area contributed by atoms with Crippen molar-refractivity contribution < 1.29 is 22.7 Å². The Labute approximate surface area is 207 Å². The molecule has 0 bridgehead atoms. The van der Waals surface area contributed by atoms with Gasteiger partial charge in [0, 0.05) is 53.9 Å². The van der Waals surface area contributed by atoms with Crippen LogP contribution in [0.3, 0.4) is 0 Å². The second kappa shape index (κ2) is 9.79.